The van der Waals surface area contributed by atoms with Gasteiger partial charge in [0.05, 0.1) is 0 Å². The van der Waals surface area contributed by atoms with Crippen LogP contribution in [0.2, 0.25) is 0 Å². The second-order valence-electron chi connectivity index (χ2n) is 6.22. The minimum atomic E-state index is 0.147. The zero-order chi connectivity index (χ0) is 14.8. The summed E-state index contributed by atoms with van der Waals surface area (Å²) in [5.41, 5.74) is 6.93. The van der Waals surface area contributed by atoms with Gasteiger partial charge in [0.25, 0.3) is 0 Å². The van der Waals surface area contributed by atoms with Crippen LogP contribution in [0.3, 0.4) is 0 Å². The zero-order valence-electron chi connectivity index (χ0n) is 12.5. The number of nitrogens with two attached hydrogens (primary N) is 1. The van der Waals surface area contributed by atoms with Crippen molar-refractivity contribution in [2.75, 3.05) is 0 Å². The molecular formula is C18H24N2O. The molecule has 1 atom stereocenters. The average molecular weight is 284 g/mol. The molecule has 0 spiro atoms. The quantitative estimate of drug-likeness (QED) is 0.809. The molecular weight excluding hydrogens is 260 g/mol. The smallest absolute Gasteiger partial charge is 0.128 e. The first-order valence-electron chi connectivity index (χ1n) is 7.87. The Morgan fingerprint density at radius 1 is 1.10 bits per heavy atom. The molecule has 0 amide bonds. The SMILES string of the molecule is CC(NC1CCC(N)CC1)c1ccc2ccccc2c1O. The van der Waals surface area contributed by atoms with Crippen molar-refractivity contribution in [3.8, 4) is 5.75 Å². The zero-order valence-corrected chi connectivity index (χ0v) is 12.5. The fourth-order valence-electron chi connectivity index (χ4n) is 3.35. The second kappa shape index (κ2) is 6.04. The van der Waals surface area contributed by atoms with Crippen molar-refractivity contribution in [2.45, 2.75) is 50.7 Å². The number of hydrogen-bond donors (Lipinski definition) is 3. The summed E-state index contributed by atoms with van der Waals surface area (Å²) in [6, 6.07) is 13.1. The Morgan fingerprint density at radius 2 is 1.81 bits per heavy atom. The van der Waals surface area contributed by atoms with Crippen LogP contribution in [-0.4, -0.2) is 17.2 Å². The molecule has 1 aliphatic carbocycles. The first-order valence-corrected chi connectivity index (χ1v) is 7.87. The van der Waals surface area contributed by atoms with Crippen LogP contribution in [0.25, 0.3) is 10.8 Å². The molecule has 2 aromatic carbocycles. The lowest BCUT2D eigenvalue weighted by molar-refractivity contribution is 0.319. The number of fused-ring (bicyclic) bond motifs is 1. The highest BCUT2D eigenvalue weighted by atomic mass is 16.3. The van der Waals surface area contributed by atoms with Gasteiger partial charge in [-0.3, -0.25) is 0 Å². The van der Waals surface area contributed by atoms with Gasteiger partial charge >= 0.3 is 0 Å². The van der Waals surface area contributed by atoms with Gasteiger partial charge in [-0.1, -0.05) is 36.4 Å². The maximum absolute atomic E-state index is 10.5. The molecule has 1 fully saturated rings. The fraction of sp³-hybridized carbons (Fsp3) is 0.444. The summed E-state index contributed by atoms with van der Waals surface area (Å²) >= 11 is 0. The van der Waals surface area contributed by atoms with E-state index in [1.807, 2.05) is 30.3 Å². The molecule has 3 nitrogen and oxygen atoms in total. The van der Waals surface area contributed by atoms with Crippen LogP contribution >= 0.6 is 0 Å². The third kappa shape index (κ3) is 3.04. The standard InChI is InChI=1S/C18H24N2O/c1-12(20-15-9-7-14(19)8-10-15)16-11-6-13-4-2-3-5-17(13)18(16)21/h2-6,11-12,14-15,20-21H,7-10,19H2,1H3. The van der Waals surface area contributed by atoms with E-state index in [1.165, 1.54) is 0 Å². The molecule has 112 valence electrons. The molecule has 2 aromatic rings. The van der Waals surface area contributed by atoms with Crippen LogP contribution in [-0.2, 0) is 0 Å². The average Bonchev–Trinajstić information content (AvgIpc) is 2.50. The monoisotopic (exact) mass is 284 g/mol. The molecule has 0 aromatic heterocycles. The van der Waals surface area contributed by atoms with E-state index in [0.29, 0.717) is 17.8 Å². The predicted octanol–water partition coefficient (Wildman–Crippen LogP) is 3.47. The number of hydrogen-bond acceptors (Lipinski definition) is 3. The highest BCUT2D eigenvalue weighted by molar-refractivity contribution is 5.89. The minimum Gasteiger partial charge on any atom is -0.507 e. The molecule has 0 saturated heterocycles. The lowest BCUT2D eigenvalue weighted by Crippen LogP contribution is -2.38. The number of phenolic OH excluding ortho intramolecular Hbond substituents is 1. The normalized spacial score (nSPS) is 24.1. The summed E-state index contributed by atoms with van der Waals surface area (Å²) < 4.78 is 0. The van der Waals surface area contributed by atoms with Crippen LogP contribution in [0.4, 0.5) is 0 Å². The maximum atomic E-state index is 10.5. The molecule has 0 aliphatic heterocycles. The van der Waals surface area contributed by atoms with E-state index in [9.17, 15) is 5.11 Å². The molecule has 0 heterocycles. The predicted molar refractivity (Wildman–Crippen MR) is 87.4 cm³/mol. The molecule has 0 radical (unpaired) electrons. The molecule has 3 heteroatoms. The lowest BCUT2D eigenvalue weighted by atomic mass is 9.90. The van der Waals surface area contributed by atoms with Gasteiger partial charge in [0.2, 0.25) is 0 Å². The van der Waals surface area contributed by atoms with E-state index in [4.69, 9.17) is 5.73 Å². The summed E-state index contributed by atoms with van der Waals surface area (Å²) in [5.74, 6) is 0.403. The van der Waals surface area contributed by atoms with Gasteiger partial charge in [0.1, 0.15) is 5.75 Å². The Balaban J connectivity index is 1.78. The van der Waals surface area contributed by atoms with Crippen LogP contribution in [0.1, 0.15) is 44.2 Å². The molecule has 0 bridgehead atoms. The largest absolute Gasteiger partial charge is 0.507 e. The van der Waals surface area contributed by atoms with Crippen molar-refractivity contribution in [2.24, 2.45) is 5.73 Å². The van der Waals surface area contributed by atoms with E-state index in [0.717, 1.165) is 42.0 Å². The van der Waals surface area contributed by atoms with Gasteiger partial charge in [-0.2, -0.15) is 0 Å². The Kier molecular flexibility index (Phi) is 4.13. The summed E-state index contributed by atoms with van der Waals surface area (Å²) in [7, 11) is 0. The van der Waals surface area contributed by atoms with Crippen molar-refractivity contribution >= 4 is 10.8 Å². The van der Waals surface area contributed by atoms with Gasteiger partial charge in [-0.05, 0) is 38.0 Å². The molecule has 1 unspecified atom stereocenters. The number of phenols is 1. The third-order valence-electron chi connectivity index (χ3n) is 4.66. The number of nitrogens with one attached hydrogen (secondary N) is 1. The minimum absolute atomic E-state index is 0.147. The fourth-order valence-corrected chi connectivity index (χ4v) is 3.35. The van der Waals surface area contributed by atoms with Gasteiger partial charge in [-0.25, -0.2) is 0 Å². The molecule has 21 heavy (non-hydrogen) atoms. The number of aromatic hydroxyl groups is 1. The molecule has 3 rings (SSSR count). The van der Waals surface area contributed by atoms with E-state index in [2.05, 4.69) is 18.3 Å². The van der Waals surface area contributed by atoms with Crippen LogP contribution in [0.15, 0.2) is 36.4 Å². The Hall–Kier alpha value is -1.58. The van der Waals surface area contributed by atoms with Gasteiger partial charge < -0.3 is 16.2 Å². The van der Waals surface area contributed by atoms with Crippen molar-refractivity contribution < 1.29 is 5.11 Å². The van der Waals surface area contributed by atoms with E-state index >= 15 is 0 Å². The summed E-state index contributed by atoms with van der Waals surface area (Å²) in [5, 5.41) is 16.2. The van der Waals surface area contributed by atoms with E-state index in [1.54, 1.807) is 0 Å². The van der Waals surface area contributed by atoms with E-state index in [-0.39, 0.29) is 6.04 Å². The topological polar surface area (TPSA) is 58.3 Å². The van der Waals surface area contributed by atoms with Crippen molar-refractivity contribution in [3.05, 3.63) is 42.0 Å². The van der Waals surface area contributed by atoms with E-state index < -0.39 is 0 Å². The Labute approximate surface area is 126 Å². The summed E-state index contributed by atoms with van der Waals surface area (Å²) in [6.07, 6.45) is 4.43. The first-order chi connectivity index (χ1) is 10.1. The van der Waals surface area contributed by atoms with Gasteiger partial charge in [0.15, 0.2) is 0 Å². The Morgan fingerprint density at radius 3 is 2.57 bits per heavy atom. The summed E-state index contributed by atoms with van der Waals surface area (Å²) in [6.45, 7) is 2.12. The molecule has 1 saturated carbocycles. The maximum Gasteiger partial charge on any atom is 0.128 e. The third-order valence-corrected chi connectivity index (χ3v) is 4.66. The van der Waals surface area contributed by atoms with Crippen molar-refractivity contribution in [1.29, 1.82) is 0 Å². The van der Waals surface area contributed by atoms with Crippen molar-refractivity contribution in [1.82, 2.24) is 5.32 Å². The second-order valence-corrected chi connectivity index (χ2v) is 6.22. The highest BCUT2D eigenvalue weighted by Crippen LogP contribution is 2.33. The first kappa shape index (κ1) is 14.4. The van der Waals surface area contributed by atoms with Crippen LogP contribution < -0.4 is 11.1 Å². The molecule has 1 aliphatic rings. The summed E-state index contributed by atoms with van der Waals surface area (Å²) in [4.78, 5) is 0. The molecule has 4 N–H and O–H groups in total. The van der Waals surface area contributed by atoms with Gasteiger partial charge in [0, 0.05) is 29.1 Å². The van der Waals surface area contributed by atoms with Crippen LogP contribution in [0, 0.1) is 0 Å². The Bertz CT molecular complexity index is 618. The highest BCUT2D eigenvalue weighted by Gasteiger charge is 2.21. The van der Waals surface area contributed by atoms with Crippen LogP contribution in [0.5, 0.6) is 5.75 Å². The lowest BCUT2D eigenvalue weighted by Gasteiger charge is -2.30. The van der Waals surface area contributed by atoms with Gasteiger partial charge in [-0.15, -0.1) is 0 Å². The number of rotatable bonds is 3. The van der Waals surface area contributed by atoms with Crippen molar-refractivity contribution in [3.63, 3.8) is 0 Å². The number of benzene rings is 2.